The highest BCUT2D eigenvalue weighted by Gasteiger charge is 2.29. The van der Waals surface area contributed by atoms with Crippen LogP contribution in [0.4, 0.5) is 4.79 Å². The Morgan fingerprint density at radius 1 is 1.12 bits per heavy atom. The number of carbonyl (C=O) groups is 2. The summed E-state index contributed by atoms with van der Waals surface area (Å²) in [4.78, 5) is 31.2. The van der Waals surface area contributed by atoms with E-state index >= 15 is 0 Å². The molecule has 0 aliphatic heterocycles. The zero-order valence-corrected chi connectivity index (χ0v) is 20.9. The summed E-state index contributed by atoms with van der Waals surface area (Å²) in [5, 5.41) is 9.32. The lowest BCUT2D eigenvalue weighted by Crippen LogP contribution is -2.35. The molecule has 184 valence electrons. The van der Waals surface area contributed by atoms with Gasteiger partial charge in [0, 0.05) is 18.7 Å². The maximum Gasteiger partial charge on any atom is 0.410 e. The van der Waals surface area contributed by atoms with Crippen molar-refractivity contribution in [3.63, 3.8) is 0 Å². The van der Waals surface area contributed by atoms with Crippen LogP contribution >= 0.6 is 11.5 Å². The average molecular weight is 488 g/mol. The van der Waals surface area contributed by atoms with Crippen molar-refractivity contribution in [2.24, 2.45) is 5.92 Å². The Balaban J connectivity index is 1.43. The van der Waals surface area contributed by atoms with Crippen molar-refractivity contribution in [2.75, 3.05) is 7.05 Å². The van der Waals surface area contributed by atoms with Gasteiger partial charge in [0.25, 0.3) is 0 Å². The molecular weight excluding hydrogens is 454 g/mol. The average Bonchev–Trinajstić information content (AvgIpc) is 3.48. The fraction of sp³-hybridized carbons (Fsp3) is 0.600. The van der Waals surface area contributed by atoms with Crippen LogP contribution in [0.25, 0.3) is 10.6 Å². The third-order valence-corrected chi connectivity index (χ3v) is 8.03. The lowest BCUT2D eigenvalue weighted by Gasteiger charge is -2.27. The lowest BCUT2D eigenvalue weighted by molar-refractivity contribution is -0.143. The summed E-state index contributed by atoms with van der Waals surface area (Å²) in [5.74, 6) is -0.418. The zero-order chi connectivity index (χ0) is 24.2. The number of carbonyl (C=O) groups excluding carboxylic acids is 1. The third kappa shape index (κ3) is 5.51. The van der Waals surface area contributed by atoms with E-state index in [4.69, 9.17) is 14.5 Å². The molecule has 2 atom stereocenters. The number of nitrogens with zero attached hydrogens (tertiary/aromatic N) is 3. The van der Waals surface area contributed by atoms with Gasteiger partial charge in [0.2, 0.25) is 0 Å². The van der Waals surface area contributed by atoms with Crippen LogP contribution in [0.15, 0.2) is 12.1 Å². The van der Waals surface area contributed by atoms with E-state index in [1.165, 1.54) is 11.5 Å². The van der Waals surface area contributed by atoms with E-state index in [-0.39, 0.29) is 30.8 Å². The Bertz CT molecular complexity index is 1030. The summed E-state index contributed by atoms with van der Waals surface area (Å²) in [7, 11) is 1.81. The SMILES string of the molecule is Cc1nc(-c2snc(C)c2COC(=O)N(C)C2CCCC2)ccc1O[C@H]1CCC[C@H](C(=O)O)C1. The topological polar surface area (TPSA) is 102 Å². The molecule has 34 heavy (non-hydrogen) atoms. The molecule has 0 spiro atoms. The number of rotatable bonds is 7. The quantitative estimate of drug-likeness (QED) is 0.561. The first-order valence-electron chi connectivity index (χ1n) is 12.1. The van der Waals surface area contributed by atoms with Gasteiger partial charge in [0.15, 0.2) is 0 Å². The van der Waals surface area contributed by atoms with Crippen LogP contribution in [-0.4, -0.2) is 50.6 Å². The summed E-state index contributed by atoms with van der Waals surface area (Å²) >= 11 is 1.34. The van der Waals surface area contributed by atoms with Gasteiger partial charge in [0.1, 0.15) is 12.4 Å². The van der Waals surface area contributed by atoms with Crippen LogP contribution in [0.2, 0.25) is 0 Å². The Kier molecular flexibility index (Phi) is 7.70. The number of ether oxygens (including phenoxy) is 2. The maximum atomic E-state index is 12.6. The molecule has 0 radical (unpaired) electrons. The number of carboxylic acid groups (broad SMARTS) is 1. The lowest BCUT2D eigenvalue weighted by atomic mass is 9.87. The first-order valence-corrected chi connectivity index (χ1v) is 12.8. The van der Waals surface area contributed by atoms with Crippen molar-refractivity contribution in [3.8, 4) is 16.3 Å². The Morgan fingerprint density at radius 3 is 2.59 bits per heavy atom. The smallest absolute Gasteiger partial charge is 0.410 e. The number of aliphatic carboxylic acids is 1. The number of hydrogen-bond donors (Lipinski definition) is 1. The van der Waals surface area contributed by atoms with Gasteiger partial charge in [0.05, 0.1) is 34.0 Å². The Morgan fingerprint density at radius 2 is 1.88 bits per heavy atom. The molecule has 2 aromatic rings. The van der Waals surface area contributed by atoms with Crippen molar-refractivity contribution in [1.82, 2.24) is 14.3 Å². The molecule has 0 aromatic carbocycles. The highest BCUT2D eigenvalue weighted by molar-refractivity contribution is 7.09. The fourth-order valence-electron chi connectivity index (χ4n) is 4.89. The summed E-state index contributed by atoms with van der Waals surface area (Å²) in [5.41, 5.74) is 3.20. The van der Waals surface area contributed by atoms with Crippen molar-refractivity contribution in [3.05, 3.63) is 29.1 Å². The fourth-order valence-corrected chi connectivity index (χ4v) is 5.75. The molecule has 2 aliphatic rings. The molecule has 2 aliphatic carbocycles. The molecule has 8 nitrogen and oxygen atoms in total. The van der Waals surface area contributed by atoms with Gasteiger partial charge in [-0.2, -0.15) is 4.37 Å². The minimum Gasteiger partial charge on any atom is -0.489 e. The third-order valence-electron chi connectivity index (χ3n) is 7.02. The van der Waals surface area contributed by atoms with Crippen LogP contribution in [-0.2, 0) is 16.1 Å². The van der Waals surface area contributed by atoms with Crippen molar-refractivity contribution < 1.29 is 24.2 Å². The van der Waals surface area contributed by atoms with Crippen molar-refractivity contribution in [1.29, 1.82) is 0 Å². The van der Waals surface area contributed by atoms with Crippen LogP contribution < -0.4 is 4.74 Å². The van der Waals surface area contributed by atoms with E-state index in [1.54, 1.807) is 4.90 Å². The summed E-state index contributed by atoms with van der Waals surface area (Å²) < 4.78 is 16.2. The second kappa shape index (κ2) is 10.7. The number of pyridine rings is 1. The van der Waals surface area contributed by atoms with Crippen LogP contribution in [0, 0.1) is 19.8 Å². The second-order valence-electron chi connectivity index (χ2n) is 9.40. The van der Waals surface area contributed by atoms with E-state index in [0.717, 1.165) is 66.0 Å². The number of amides is 1. The van der Waals surface area contributed by atoms with Gasteiger partial charge in [-0.1, -0.05) is 12.8 Å². The van der Waals surface area contributed by atoms with E-state index in [0.29, 0.717) is 18.6 Å². The van der Waals surface area contributed by atoms with Gasteiger partial charge >= 0.3 is 12.1 Å². The van der Waals surface area contributed by atoms with E-state index in [1.807, 2.05) is 33.0 Å². The molecule has 1 amide bonds. The number of aryl methyl sites for hydroxylation is 2. The number of hydrogen-bond acceptors (Lipinski definition) is 7. The molecular formula is C25H33N3O5S. The Labute approximate surface area is 204 Å². The first kappa shape index (κ1) is 24.4. The maximum absolute atomic E-state index is 12.6. The Hall–Kier alpha value is -2.68. The van der Waals surface area contributed by atoms with Gasteiger partial charge < -0.3 is 19.5 Å². The highest BCUT2D eigenvalue weighted by Crippen LogP contribution is 2.34. The van der Waals surface area contributed by atoms with Crippen LogP contribution in [0.3, 0.4) is 0 Å². The normalized spacial score (nSPS) is 20.8. The summed E-state index contributed by atoms with van der Waals surface area (Å²) in [6, 6.07) is 4.05. The highest BCUT2D eigenvalue weighted by atomic mass is 32.1. The van der Waals surface area contributed by atoms with Gasteiger partial charge in [-0.15, -0.1) is 0 Å². The minimum atomic E-state index is -0.748. The minimum absolute atomic E-state index is 0.112. The van der Waals surface area contributed by atoms with Gasteiger partial charge in [-0.3, -0.25) is 4.79 Å². The monoisotopic (exact) mass is 487 g/mol. The molecule has 0 unspecified atom stereocenters. The van der Waals surface area contributed by atoms with Crippen molar-refractivity contribution >= 4 is 23.6 Å². The first-order chi connectivity index (χ1) is 16.3. The van der Waals surface area contributed by atoms with E-state index < -0.39 is 5.97 Å². The summed E-state index contributed by atoms with van der Waals surface area (Å²) in [6.07, 6.45) is 6.90. The number of aromatic nitrogens is 2. The van der Waals surface area contributed by atoms with E-state index in [2.05, 4.69) is 4.37 Å². The van der Waals surface area contributed by atoms with Gasteiger partial charge in [-0.05, 0) is 76.0 Å². The van der Waals surface area contributed by atoms with Gasteiger partial charge in [-0.25, -0.2) is 9.78 Å². The van der Waals surface area contributed by atoms with E-state index in [9.17, 15) is 14.7 Å². The molecule has 2 saturated carbocycles. The molecule has 2 heterocycles. The molecule has 0 bridgehead atoms. The molecule has 1 N–H and O–H groups in total. The molecule has 4 rings (SSSR count). The second-order valence-corrected chi connectivity index (χ2v) is 10.2. The summed E-state index contributed by atoms with van der Waals surface area (Å²) in [6.45, 7) is 3.96. The molecule has 0 saturated heterocycles. The number of carboxylic acids is 1. The zero-order valence-electron chi connectivity index (χ0n) is 20.1. The van der Waals surface area contributed by atoms with Crippen LogP contribution in [0.1, 0.15) is 68.3 Å². The molecule has 9 heteroatoms. The largest absolute Gasteiger partial charge is 0.489 e. The molecule has 2 fully saturated rings. The predicted octanol–water partition coefficient (Wildman–Crippen LogP) is 5.36. The predicted molar refractivity (Wildman–Crippen MR) is 129 cm³/mol. The standard InChI is InChI=1S/C25H33N3O5S/c1-15-20(14-32-25(31)28(3)18-8-4-5-9-18)23(34-27-15)21-11-12-22(16(2)26-21)33-19-10-6-7-17(13-19)24(29)30/h11-12,17-19H,4-10,13-14H2,1-3H3,(H,29,30)/t17-,19-/m0/s1. The molecule has 2 aromatic heterocycles. The van der Waals surface area contributed by atoms with Crippen molar-refractivity contribution in [2.45, 2.75) is 84.0 Å². The van der Waals surface area contributed by atoms with Crippen LogP contribution in [0.5, 0.6) is 5.75 Å².